The van der Waals surface area contributed by atoms with Gasteiger partial charge in [0.1, 0.15) is 0 Å². The van der Waals surface area contributed by atoms with Crippen LogP contribution in [-0.4, -0.2) is 16.9 Å². The molecule has 7 heteroatoms. The van der Waals surface area contributed by atoms with E-state index in [0.29, 0.717) is 37.8 Å². The Morgan fingerprint density at radius 3 is 2.52 bits per heavy atom. The van der Waals surface area contributed by atoms with Crippen LogP contribution in [0.3, 0.4) is 0 Å². The van der Waals surface area contributed by atoms with E-state index in [-0.39, 0.29) is 5.96 Å². The van der Waals surface area contributed by atoms with Crippen LogP contribution in [0.2, 0.25) is 10.0 Å². The third-order valence-electron chi connectivity index (χ3n) is 3.71. The minimum Gasteiger partial charge on any atom is -0.370 e. The molecule has 0 bridgehead atoms. The predicted octanol–water partition coefficient (Wildman–Crippen LogP) is 3.93. The van der Waals surface area contributed by atoms with Crippen molar-refractivity contribution in [3.05, 3.63) is 63.8 Å². The summed E-state index contributed by atoms with van der Waals surface area (Å²) in [6, 6.07) is 12.4. The summed E-state index contributed by atoms with van der Waals surface area (Å²) in [6.07, 6.45) is 0. The van der Waals surface area contributed by atoms with Gasteiger partial charge in [0, 0.05) is 27.1 Å². The number of aliphatic imine (C=N–C) groups is 1. The zero-order valence-electron chi connectivity index (χ0n) is 13.3. The van der Waals surface area contributed by atoms with Crippen LogP contribution in [0.15, 0.2) is 47.5 Å². The molecule has 0 unspecified atom stereocenters. The summed E-state index contributed by atoms with van der Waals surface area (Å²) in [6.45, 7) is 1.82. The minimum absolute atomic E-state index is 0.295. The quantitative estimate of drug-likeness (QED) is 0.526. The Morgan fingerprint density at radius 2 is 1.84 bits per heavy atom. The lowest BCUT2D eigenvalue weighted by Gasteiger charge is -2.13. The van der Waals surface area contributed by atoms with Gasteiger partial charge in [-0.1, -0.05) is 41.4 Å². The Balaban J connectivity index is 2.34. The third kappa shape index (κ3) is 3.29. The Bertz CT molecular complexity index is 1030. The van der Waals surface area contributed by atoms with Crippen molar-refractivity contribution in [2.24, 2.45) is 16.5 Å². The van der Waals surface area contributed by atoms with E-state index in [2.05, 4.69) is 9.98 Å². The van der Waals surface area contributed by atoms with E-state index in [1.54, 1.807) is 24.3 Å². The smallest absolute Gasteiger partial charge is 0.280 e. The molecule has 1 heterocycles. The molecule has 0 fully saturated rings. The maximum absolute atomic E-state index is 12.1. The molecule has 0 aliphatic carbocycles. The van der Waals surface area contributed by atoms with Gasteiger partial charge in [0.05, 0.1) is 16.2 Å². The summed E-state index contributed by atoms with van der Waals surface area (Å²) in [5.41, 5.74) is 13.7. The maximum Gasteiger partial charge on any atom is 0.280 e. The summed E-state index contributed by atoms with van der Waals surface area (Å²) >= 11 is 12.9. The van der Waals surface area contributed by atoms with Crippen LogP contribution in [0.5, 0.6) is 0 Å². The fraction of sp³-hybridized carbons (Fsp3) is 0.0556. The molecule has 0 saturated heterocycles. The summed E-state index contributed by atoms with van der Waals surface area (Å²) in [5, 5.41) is 1.73. The standard InChI is InChI=1S/C18H14Cl2N4O/c1-9-16(20)15(11-4-2-3-5-13(11)19)12-8-10(6-7-14(12)23-9)17(25)24-18(21)22/h2-8H,1H3,(H4,21,22,24,25). The molecule has 3 rings (SSSR count). The van der Waals surface area contributed by atoms with E-state index >= 15 is 0 Å². The molecular formula is C18H14Cl2N4O. The van der Waals surface area contributed by atoms with Crippen LogP contribution in [0, 0.1) is 6.92 Å². The van der Waals surface area contributed by atoms with Crippen molar-refractivity contribution >= 4 is 46.0 Å². The zero-order chi connectivity index (χ0) is 18.1. The first kappa shape index (κ1) is 17.2. The van der Waals surface area contributed by atoms with E-state index in [0.717, 1.165) is 5.56 Å². The van der Waals surface area contributed by atoms with Crippen LogP contribution in [0.1, 0.15) is 16.1 Å². The number of hydrogen-bond acceptors (Lipinski definition) is 2. The minimum atomic E-state index is -0.538. The molecule has 0 radical (unpaired) electrons. The Hall–Kier alpha value is -2.63. The highest BCUT2D eigenvalue weighted by Gasteiger charge is 2.17. The highest BCUT2D eigenvalue weighted by atomic mass is 35.5. The average molecular weight is 373 g/mol. The third-order valence-corrected chi connectivity index (χ3v) is 4.50. The summed E-state index contributed by atoms with van der Waals surface area (Å²) < 4.78 is 0. The second-order valence-corrected chi connectivity index (χ2v) is 6.22. The Kier molecular flexibility index (Phi) is 4.61. The van der Waals surface area contributed by atoms with E-state index < -0.39 is 5.91 Å². The number of hydrogen-bond donors (Lipinski definition) is 2. The summed E-state index contributed by atoms with van der Waals surface area (Å²) in [4.78, 5) is 20.2. The van der Waals surface area contributed by atoms with Gasteiger partial charge < -0.3 is 11.5 Å². The molecule has 1 amide bonds. The lowest BCUT2D eigenvalue weighted by Crippen LogP contribution is -2.24. The number of aryl methyl sites for hydroxylation is 1. The first-order chi connectivity index (χ1) is 11.9. The molecule has 1 aromatic heterocycles. The number of carbonyl (C=O) groups excluding carboxylic acids is 1. The Morgan fingerprint density at radius 1 is 1.12 bits per heavy atom. The van der Waals surface area contributed by atoms with Gasteiger partial charge in [-0.05, 0) is 31.2 Å². The lowest BCUT2D eigenvalue weighted by atomic mass is 9.98. The van der Waals surface area contributed by atoms with E-state index in [4.69, 9.17) is 34.7 Å². The molecule has 0 saturated carbocycles. The molecular weight excluding hydrogens is 359 g/mol. The topological polar surface area (TPSA) is 94.4 Å². The molecule has 4 N–H and O–H groups in total. The van der Waals surface area contributed by atoms with Gasteiger partial charge in [0.2, 0.25) is 0 Å². The van der Waals surface area contributed by atoms with Crippen LogP contribution in [-0.2, 0) is 0 Å². The van der Waals surface area contributed by atoms with Crippen molar-refractivity contribution in [2.75, 3.05) is 0 Å². The number of pyridine rings is 1. The SMILES string of the molecule is Cc1nc2ccc(C(=O)N=C(N)N)cc2c(-c2ccccc2Cl)c1Cl. The molecule has 0 aliphatic heterocycles. The summed E-state index contributed by atoms with van der Waals surface area (Å²) in [5.74, 6) is -0.833. The number of nitrogens with two attached hydrogens (primary N) is 2. The first-order valence-electron chi connectivity index (χ1n) is 7.37. The number of fused-ring (bicyclic) bond motifs is 1. The second-order valence-electron chi connectivity index (χ2n) is 5.44. The van der Waals surface area contributed by atoms with E-state index in [9.17, 15) is 4.79 Å². The Labute approximate surface area is 154 Å². The normalized spacial score (nSPS) is 10.7. The van der Waals surface area contributed by atoms with Crippen LogP contribution in [0.4, 0.5) is 0 Å². The first-order valence-corrected chi connectivity index (χ1v) is 8.13. The molecule has 3 aromatic rings. The average Bonchev–Trinajstić information content (AvgIpc) is 2.56. The molecule has 2 aromatic carbocycles. The van der Waals surface area contributed by atoms with Gasteiger partial charge in [-0.25, -0.2) is 0 Å². The van der Waals surface area contributed by atoms with Crippen molar-refractivity contribution in [3.63, 3.8) is 0 Å². The van der Waals surface area contributed by atoms with E-state index in [1.165, 1.54) is 0 Å². The second kappa shape index (κ2) is 6.70. The molecule has 126 valence electrons. The highest BCUT2D eigenvalue weighted by Crippen LogP contribution is 2.39. The number of amides is 1. The van der Waals surface area contributed by atoms with Gasteiger partial charge in [0.25, 0.3) is 5.91 Å². The summed E-state index contributed by atoms with van der Waals surface area (Å²) in [7, 11) is 0. The number of guanidine groups is 1. The van der Waals surface area contributed by atoms with E-state index in [1.807, 2.05) is 25.1 Å². The number of halogens is 2. The van der Waals surface area contributed by atoms with Gasteiger partial charge >= 0.3 is 0 Å². The van der Waals surface area contributed by atoms with Crippen LogP contribution in [0.25, 0.3) is 22.0 Å². The fourth-order valence-electron chi connectivity index (χ4n) is 2.60. The number of benzene rings is 2. The van der Waals surface area contributed by atoms with Crippen LogP contribution < -0.4 is 11.5 Å². The van der Waals surface area contributed by atoms with Crippen LogP contribution >= 0.6 is 23.2 Å². The molecule has 0 aliphatic rings. The van der Waals surface area contributed by atoms with Gasteiger partial charge in [0.15, 0.2) is 5.96 Å². The number of nitrogens with zero attached hydrogens (tertiary/aromatic N) is 2. The lowest BCUT2D eigenvalue weighted by molar-refractivity contribution is 0.100. The van der Waals surface area contributed by atoms with Gasteiger partial charge in [-0.15, -0.1) is 0 Å². The van der Waals surface area contributed by atoms with Crippen molar-refractivity contribution in [1.82, 2.24) is 4.98 Å². The van der Waals surface area contributed by atoms with Gasteiger partial charge in [-0.2, -0.15) is 4.99 Å². The monoisotopic (exact) mass is 372 g/mol. The largest absolute Gasteiger partial charge is 0.370 e. The fourth-order valence-corrected chi connectivity index (χ4v) is 3.08. The number of carbonyl (C=O) groups is 1. The van der Waals surface area contributed by atoms with Gasteiger partial charge in [-0.3, -0.25) is 9.78 Å². The molecule has 5 nitrogen and oxygen atoms in total. The predicted molar refractivity (Wildman–Crippen MR) is 102 cm³/mol. The molecule has 25 heavy (non-hydrogen) atoms. The zero-order valence-corrected chi connectivity index (χ0v) is 14.8. The molecule has 0 spiro atoms. The molecule has 0 atom stereocenters. The van der Waals surface area contributed by atoms with Crippen molar-refractivity contribution in [3.8, 4) is 11.1 Å². The van der Waals surface area contributed by atoms with Crippen molar-refractivity contribution < 1.29 is 4.79 Å². The number of rotatable bonds is 2. The highest BCUT2D eigenvalue weighted by molar-refractivity contribution is 6.38. The number of aromatic nitrogens is 1. The van der Waals surface area contributed by atoms with Crippen molar-refractivity contribution in [1.29, 1.82) is 0 Å². The maximum atomic E-state index is 12.1. The van der Waals surface area contributed by atoms with Crippen molar-refractivity contribution in [2.45, 2.75) is 6.92 Å².